The molecule has 0 aliphatic carbocycles. The maximum absolute atomic E-state index is 12.2. The zero-order valence-electron chi connectivity index (χ0n) is 16.8. The van der Waals surface area contributed by atoms with Gasteiger partial charge >= 0.3 is 5.97 Å². The van der Waals surface area contributed by atoms with Gasteiger partial charge in [0.05, 0.1) is 10.9 Å². The van der Waals surface area contributed by atoms with Crippen LogP contribution in [0.15, 0.2) is 66.7 Å². The average Bonchev–Trinajstić information content (AvgIpc) is 3.20. The van der Waals surface area contributed by atoms with Gasteiger partial charge in [-0.05, 0) is 35.4 Å². The summed E-state index contributed by atoms with van der Waals surface area (Å²) in [7, 11) is 1.62. The molecule has 0 saturated heterocycles. The van der Waals surface area contributed by atoms with Gasteiger partial charge in [-0.2, -0.15) is 0 Å². The Labute approximate surface area is 189 Å². The fourth-order valence-corrected chi connectivity index (χ4v) is 3.90. The zero-order valence-corrected chi connectivity index (χ0v) is 18.4. The van der Waals surface area contributed by atoms with Crippen molar-refractivity contribution < 1.29 is 19.1 Å². The van der Waals surface area contributed by atoms with E-state index < -0.39 is 18.5 Å². The van der Waals surface area contributed by atoms with Crippen molar-refractivity contribution in [2.24, 2.45) is 0 Å². The highest BCUT2D eigenvalue weighted by Gasteiger charge is 2.14. The number of nitrogens with zero attached hydrogens (tertiary/aromatic N) is 1. The van der Waals surface area contributed by atoms with Crippen molar-refractivity contribution in [3.8, 4) is 11.1 Å². The van der Waals surface area contributed by atoms with Gasteiger partial charge in [-0.1, -0.05) is 54.1 Å². The molecule has 0 aliphatic heterocycles. The van der Waals surface area contributed by atoms with Crippen LogP contribution >= 0.6 is 22.9 Å². The highest BCUT2D eigenvalue weighted by Crippen LogP contribution is 2.22. The molecule has 1 aromatic heterocycles. The lowest BCUT2D eigenvalue weighted by Crippen LogP contribution is -2.34. The first kappa shape index (κ1) is 22.5. The summed E-state index contributed by atoms with van der Waals surface area (Å²) < 4.78 is 5.61. The number of carbonyl (C=O) groups excluding carboxylic acids is 3. The monoisotopic (exact) mass is 456 g/mol. The lowest BCUT2D eigenvalue weighted by atomic mass is 10.0. The number of amides is 2. The first-order valence-electron chi connectivity index (χ1n) is 9.50. The van der Waals surface area contributed by atoms with Crippen molar-refractivity contribution in [2.75, 3.05) is 20.2 Å². The second kappa shape index (κ2) is 10.7. The van der Waals surface area contributed by atoms with Gasteiger partial charge in [0.25, 0.3) is 11.8 Å². The van der Waals surface area contributed by atoms with Gasteiger partial charge in [0.1, 0.15) is 6.54 Å². The van der Waals surface area contributed by atoms with Crippen molar-refractivity contribution in [1.82, 2.24) is 10.2 Å². The van der Waals surface area contributed by atoms with Crippen LogP contribution in [0, 0.1) is 0 Å². The van der Waals surface area contributed by atoms with Gasteiger partial charge in [0.15, 0.2) is 6.61 Å². The maximum atomic E-state index is 12.2. The third kappa shape index (κ3) is 6.67. The Kier molecular flexibility index (Phi) is 7.81. The van der Waals surface area contributed by atoms with E-state index in [1.807, 2.05) is 48.5 Å². The van der Waals surface area contributed by atoms with Crippen LogP contribution in [0.25, 0.3) is 11.1 Å². The Balaban J connectivity index is 1.41. The molecule has 0 radical (unpaired) electrons. The molecule has 0 bridgehead atoms. The molecule has 0 aliphatic rings. The molecule has 3 rings (SSSR count). The van der Waals surface area contributed by atoms with E-state index in [2.05, 4.69) is 5.32 Å². The highest BCUT2D eigenvalue weighted by molar-refractivity contribution is 7.16. The van der Waals surface area contributed by atoms with Gasteiger partial charge in [0, 0.05) is 17.5 Å². The first-order valence-corrected chi connectivity index (χ1v) is 10.7. The molecule has 1 heterocycles. The lowest BCUT2D eigenvalue weighted by molar-refractivity contribution is -0.150. The molecule has 8 heteroatoms. The number of rotatable bonds is 8. The fourth-order valence-electron chi connectivity index (χ4n) is 2.76. The Bertz CT molecular complexity index is 1050. The smallest absolute Gasteiger partial charge is 0.325 e. The van der Waals surface area contributed by atoms with Gasteiger partial charge in [-0.25, -0.2) is 0 Å². The minimum Gasteiger partial charge on any atom is -0.454 e. The summed E-state index contributed by atoms with van der Waals surface area (Å²) in [6.45, 7) is -0.337. The van der Waals surface area contributed by atoms with E-state index >= 15 is 0 Å². The Morgan fingerprint density at radius 2 is 1.65 bits per heavy atom. The zero-order chi connectivity index (χ0) is 22.2. The van der Waals surface area contributed by atoms with E-state index in [0.717, 1.165) is 16.0 Å². The average molecular weight is 457 g/mol. The second-order valence-corrected chi connectivity index (χ2v) is 8.54. The number of hydrogen-bond donors (Lipinski definition) is 1. The molecule has 3 aromatic rings. The minimum atomic E-state index is -0.685. The second-order valence-electron chi connectivity index (χ2n) is 6.74. The van der Waals surface area contributed by atoms with Crippen molar-refractivity contribution >= 4 is 40.7 Å². The molecule has 0 atom stereocenters. The summed E-state index contributed by atoms with van der Waals surface area (Å²) in [4.78, 5) is 38.6. The number of likely N-dealkylation sites (N-methyl/N-ethyl adjacent to an activating group) is 1. The van der Waals surface area contributed by atoms with Crippen LogP contribution in [-0.4, -0.2) is 42.9 Å². The molecule has 0 unspecified atom stereocenters. The third-order valence-corrected chi connectivity index (χ3v) is 5.67. The molecule has 160 valence electrons. The van der Waals surface area contributed by atoms with Crippen molar-refractivity contribution in [1.29, 1.82) is 0 Å². The predicted molar refractivity (Wildman–Crippen MR) is 121 cm³/mol. The van der Waals surface area contributed by atoms with Crippen LogP contribution in [0.2, 0.25) is 4.34 Å². The number of ether oxygens (including phenoxy) is 1. The van der Waals surface area contributed by atoms with Gasteiger partial charge in [0.2, 0.25) is 0 Å². The summed E-state index contributed by atoms with van der Waals surface area (Å²) >= 11 is 7.26. The number of hydrogen-bond acceptors (Lipinski definition) is 5. The van der Waals surface area contributed by atoms with Crippen LogP contribution in [0.4, 0.5) is 0 Å². The standard InChI is InChI=1S/C23H21ClN2O4S/c1-26(14-19-11-12-20(24)31-19)21(27)15-30-22(28)13-25-23(29)18-9-7-17(8-10-18)16-5-3-2-4-6-16/h2-12H,13-15H2,1H3,(H,25,29). The summed E-state index contributed by atoms with van der Waals surface area (Å²) in [6.07, 6.45) is 0. The molecule has 2 aromatic carbocycles. The maximum Gasteiger partial charge on any atom is 0.325 e. The van der Waals surface area contributed by atoms with E-state index in [0.29, 0.717) is 16.4 Å². The molecular weight excluding hydrogens is 436 g/mol. The Hall–Kier alpha value is -3.16. The van der Waals surface area contributed by atoms with E-state index in [1.54, 1.807) is 25.2 Å². The summed E-state index contributed by atoms with van der Waals surface area (Å²) in [5.74, 6) is -1.43. The van der Waals surface area contributed by atoms with E-state index in [-0.39, 0.29) is 12.5 Å². The number of carbonyl (C=O) groups is 3. The van der Waals surface area contributed by atoms with Gasteiger partial charge in [-0.15, -0.1) is 11.3 Å². The van der Waals surface area contributed by atoms with E-state index in [1.165, 1.54) is 16.2 Å². The topological polar surface area (TPSA) is 75.7 Å². The molecule has 0 fully saturated rings. The van der Waals surface area contributed by atoms with E-state index in [4.69, 9.17) is 16.3 Å². The number of esters is 1. The lowest BCUT2D eigenvalue weighted by Gasteiger charge is -2.16. The molecule has 1 N–H and O–H groups in total. The molecule has 6 nitrogen and oxygen atoms in total. The normalized spacial score (nSPS) is 10.4. The van der Waals surface area contributed by atoms with Crippen LogP contribution in [0.3, 0.4) is 0 Å². The molecular formula is C23H21ClN2O4S. The quantitative estimate of drug-likeness (QED) is 0.520. The Morgan fingerprint density at radius 1 is 0.968 bits per heavy atom. The number of thiophene rings is 1. The van der Waals surface area contributed by atoms with Gasteiger partial charge < -0.3 is 15.0 Å². The van der Waals surface area contributed by atoms with Crippen LogP contribution in [0.1, 0.15) is 15.2 Å². The van der Waals surface area contributed by atoms with Crippen molar-refractivity contribution in [3.05, 3.63) is 81.5 Å². The summed E-state index contributed by atoms with van der Waals surface area (Å²) in [5, 5.41) is 2.50. The molecule has 31 heavy (non-hydrogen) atoms. The van der Waals surface area contributed by atoms with Crippen LogP contribution in [-0.2, 0) is 20.9 Å². The fraction of sp³-hybridized carbons (Fsp3) is 0.174. The number of halogens is 1. The van der Waals surface area contributed by atoms with Crippen molar-refractivity contribution in [2.45, 2.75) is 6.54 Å². The van der Waals surface area contributed by atoms with Crippen LogP contribution < -0.4 is 5.32 Å². The largest absolute Gasteiger partial charge is 0.454 e. The highest BCUT2D eigenvalue weighted by atomic mass is 35.5. The van der Waals surface area contributed by atoms with E-state index in [9.17, 15) is 14.4 Å². The molecule has 2 amide bonds. The minimum absolute atomic E-state index is 0.323. The summed E-state index contributed by atoms with van der Waals surface area (Å²) in [6, 6.07) is 20.5. The first-order chi connectivity index (χ1) is 14.9. The van der Waals surface area contributed by atoms with Crippen LogP contribution in [0.5, 0.6) is 0 Å². The number of nitrogens with one attached hydrogen (secondary N) is 1. The molecule has 0 saturated carbocycles. The molecule has 0 spiro atoms. The predicted octanol–water partition coefficient (Wildman–Crippen LogP) is 4.00. The Morgan fingerprint density at radius 3 is 2.29 bits per heavy atom. The number of benzene rings is 2. The van der Waals surface area contributed by atoms with Gasteiger partial charge in [-0.3, -0.25) is 14.4 Å². The summed E-state index contributed by atoms with van der Waals surface area (Å²) in [5.41, 5.74) is 2.47. The van der Waals surface area contributed by atoms with Crippen molar-refractivity contribution in [3.63, 3.8) is 0 Å². The SMILES string of the molecule is CN(Cc1ccc(Cl)s1)C(=O)COC(=O)CNC(=O)c1ccc(-c2ccccc2)cc1. The third-order valence-electron chi connectivity index (χ3n) is 4.45.